The van der Waals surface area contributed by atoms with Crippen LogP contribution in [0.5, 0.6) is 0 Å². The van der Waals surface area contributed by atoms with E-state index in [9.17, 15) is 22.8 Å². The maximum absolute atomic E-state index is 14.1. The van der Waals surface area contributed by atoms with Crippen LogP contribution in [0.2, 0.25) is 0 Å². The highest BCUT2D eigenvalue weighted by Crippen LogP contribution is 2.44. The number of rotatable bonds is 4. The van der Waals surface area contributed by atoms with Crippen LogP contribution in [0, 0.1) is 5.92 Å². The van der Waals surface area contributed by atoms with Gasteiger partial charge in [0.05, 0.1) is 11.0 Å². The number of imidazole rings is 1. The number of nitrogens with zero attached hydrogens (tertiary/aromatic N) is 2. The van der Waals surface area contributed by atoms with Crippen LogP contribution in [0.3, 0.4) is 0 Å². The van der Waals surface area contributed by atoms with Gasteiger partial charge < -0.3 is 5.32 Å². The topological polar surface area (TPSA) is 76.0 Å². The van der Waals surface area contributed by atoms with Crippen LogP contribution in [0.15, 0.2) is 24.3 Å². The van der Waals surface area contributed by atoms with E-state index in [0.717, 1.165) is 30.3 Å². The van der Waals surface area contributed by atoms with Crippen LogP contribution in [0.4, 0.5) is 19.1 Å². The zero-order valence-electron chi connectivity index (χ0n) is 14.5. The summed E-state index contributed by atoms with van der Waals surface area (Å²) in [5.41, 5.74) is -2.76. The van der Waals surface area contributed by atoms with Crippen LogP contribution in [0.1, 0.15) is 38.5 Å². The highest BCUT2D eigenvalue weighted by Gasteiger charge is 2.67. The lowest BCUT2D eigenvalue weighted by Gasteiger charge is -2.32. The molecule has 6 nitrogen and oxygen atoms in total. The Morgan fingerprint density at radius 3 is 2.70 bits per heavy atom. The minimum absolute atomic E-state index is 0.0439. The van der Waals surface area contributed by atoms with Crippen LogP contribution >= 0.6 is 0 Å². The zero-order chi connectivity index (χ0) is 19.2. The number of halogens is 3. The Bertz CT molecular complexity index is 902. The fourth-order valence-electron chi connectivity index (χ4n) is 4.08. The Hall–Kier alpha value is -2.58. The molecule has 2 heterocycles. The summed E-state index contributed by atoms with van der Waals surface area (Å²) in [6.45, 7) is 0. The molecule has 0 spiro atoms. The van der Waals surface area contributed by atoms with Crippen molar-refractivity contribution < 1.29 is 22.8 Å². The quantitative estimate of drug-likeness (QED) is 0.855. The van der Waals surface area contributed by atoms with E-state index >= 15 is 0 Å². The van der Waals surface area contributed by atoms with Gasteiger partial charge in [-0.15, -0.1) is 0 Å². The Morgan fingerprint density at radius 1 is 1.30 bits per heavy atom. The first-order chi connectivity index (χ1) is 12.8. The number of amides is 2. The molecule has 1 aromatic heterocycles. The van der Waals surface area contributed by atoms with Crippen molar-refractivity contribution in [1.29, 1.82) is 0 Å². The van der Waals surface area contributed by atoms with Crippen LogP contribution in [0.25, 0.3) is 11.0 Å². The maximum Gasteiger partial charge on any atom is 0.440 e. The van der Waals surface area contributed by atoms with E-state index in [4.69, 9.17) is 0 Å². The summed E-state index contributed by atoms with van der Waals surface area (Å²) in [6.07, 6.45) is -0.383. The summed E-state index contributed by atoms with van der Waals surface area (Å²) in [5, 5.41) is 4.15. The average molecular weight is 380 g/mol. The van der Waals surface area contributed by atoms with Crippen molar-refractivity contribution in [1.82, 2.24) is 14.9 Å². The van der Waals surface area contributed by atoms with E-state index < -0.39 is 23.7 Å². The van der Waals surface area contributed by atoms with Crippen molar-refractivity contribution in [2.24, 2.45) is 5.92 Å². The molecule has 2 N–H and O–H groups in total. The van der Waals surface area contributed by atoms with Gasteiger partial charge in [0.2, 0.25) is 11.9 Å². The molecular formula is C18H19F3N4O2. The fraction of sp³-hybridized carbons (Fsp3) is 0.500. The first-order valence-corrected chi connectivity index (χ1v) is 9.00. The Labute approximate surface area is 153 Å². The monoisotopic (exact) mass is 380 g/mol. The number of fused-ring (bicyclic) bond motifs is 3. The van der Waals surface area contributed by atoms with Gasteiger partial charge >= 0.3 is 6.18 Å². The number of hydrogen-bond donors (Lipinski definition) is 2. The molecule has 27 heavy (non-hydrogen) atoms. The van der Waals surface area contributed by atoms with Gasteiger partial charge in [-0.05, 0) is 24.5 Å². The van der Waals surface area contributed by atoms with Crippen molar-refractivity contribution in [2.45, 2.75) is 50.4 Å². The summed E-state index contributed by atoms with van der Waals surface area (Å²) in [7, 11) is 0. The lowest BCUT2D eigenvalue weighted by molar-refractivity contribution is -0.217. The van der Waals surface area contributed by atoms with Gasteiger partial charge in [0.15, 0.2) is 0 Å². The Balaban J connectivity index is 1.69. The Kier molecular flexibility index (Phi) is 4.12. The lowest BCUT2D eigenvalue weighted by Crippen LogP contribution is -2.63. The highest BCUT2D eigenvalue weighted by molar-refractivity contribution is 6.05. The number of carbonyl (C=O) groups is 2. The molecule has 0 unspecified atom stereocenters. The van der Waals surface area contributed by atoms with Crippen LogP contribution in [-0.2, 0) is 15.3 Å². The second kappa shape index (κ2) is 6.24. The minimum atomic E-state index is -5.03. The molecule has 1 atom stereocenters. The molecule has 0 saturated heterocycles. The number of benzene rings is 1. The first kappa shape index (κ1) is 17.8. The molecule has 0 radical (unpaired) electrons. The Morgan fingerprint density at radius 2 is 2.00 bits per heavy atom. The summed E-state index contributed by atoms with van der Waals surface area (Å²) < 4.78 is 43.1. The van der Waals surface area contributed by atoms with Crippen LogP contribution < -0.4 is 10.6 Å². The summed E-state index contributed by atoms with van der Waals surface area (Å²) in [4.78, 5) is 28.8. The van der Waals surface area contributed by atoms with E-state index in [0.29, 0.717) is 17.9 Å². The number of alkyl halides is 3. The summed E-state index contributed by atoms with van der Waals surface area (Å²) in [6, 6.07) is 6.19. The lowest BCUT2D eigenvalue weighted by atomic mass is 10.0. The third-order valence-electron chi connectivity index (χ3n) is 5.44. The molecular weight excluding hydrogens is 361 g/mol. The van der Waals surface area contributed by atoms with E-state index in [1.165, 1.54) is 6.07 Å². The number of aromatic nitrogens is 2. The molecule has 1 aliphatic carbocycles. The summed E-state index contributed by atoms with van der Waals surface area (Å²) >= 11 is 0. The first-order valence-electron chi connectivity index (χ1n) is 9.00. The predicted molar refractivity (Wildman–Crippen MR) is 91.7 cm³/mol. The van der Waals surface area contributed by atoms with Crippen molar-refractivity contribution in [2.75, 3.05) is 5.32 Å². The van der Waals surface area contributed by atoms with Crippen molar-refractivity contribution in [3.05, 3.63) is 24.3 Å². The van der Waals surface area contributed by atoms with Gasteiger partial charge in [0.1, 0.15) is 0 Å². The SMILES string of the molecule is O=C(CCC1CCCC1)N[C@@]1(C(F)(F)F)C(=O)Nc2nc3ccccc3n21. The fourth-order valence-corrected chi connectivity index (χ4v) is 4.08. The van der Waals surface area contributed by atoms with Gasteiger partial charge in [-0.2, -0.15) is 13.2 Å². The second-order valence-corrected chi connectivity index (χ2v) is 7.16. The smallest absolute Gasteiger partial charge is 0.317 e. The van der Waals surface area contributed by atoms with Crippen molar-refractivity contribution in [3.8, 4) is 0 Å². The van der Waals surface area contributed by atoms with Gasteiger partial charge in [0.25, 0.3) is 11.6 Å². The highest BCUT2D eigenvalue weighted by atomic mass is 19.4. The van der Waals surface area contributed by atoms with Crippen molar-refractivity contribution >= 4 is 28.8 Å². The van der Waals surface area contributed by atoms with Gasteiger partial charge in [-0.1, -0.05) is 37.8 Å². The zero-order valence-corrected chi connectivity index (χ0v) is 14.5. The predicted octanol–water partition coefficient (Wildman–Crippen LogP) is 3.29. The molecule has 2 aliphatic rings. The molecule has 4 rings (SSSR count). The molecule has 0 bridgehead atoms. The van der Waals surface area contributed by atoms with E-state index in [-0.39, 0.29) is 17.9 Å². The molecule has 2 aromatic rings. The van der Waals surface area contributed by atoms with Gasteiger partial charge in [0, 0.05) is 6.42 Å². The van der Waals surface area contributed by atoms with Crippen molar-refractivity contribution in [3.63, 3.8) is 0 Å². The standard InChI is InChI=1S/C18H19F3N4O2/c19-18(20,21)17(24-14(26)10-9-11-5-1-2-6-11)15(27)23-16-22-12-7-3-4-8-13(12)25(16)17/h3-4,7-8,11H,1-2,5-6,9-10H2,(H,24,26)(H,22,23,27)/t17-/m0/s1. The maximum atomic E-state index is 14.1. The number of para-hydroxylation sites is 2. The molecule has 1 aliphatic heterocycles. The van der Waals surface area contributed by atoms with Gasteiger partial charge in [-0.25, -0.2) is 4.98 Å². The third-order valence-corrected chi connectivity index (χ3v) is 5.44. The second-order valence-electron chi connectivity index (χ2n) is 7.16. The summed E-state index contributed by atoms with van der Waals surface area (Å²) in [5.74, 6) is -2.01. The molecule has 144 valence electrons. The van der Waals surface area contributed by atoms with Crippen LogP contribution in [-0.4, -0.2) is 27.5 Å². The largest absolute Gasteiger partial charge is 0.440 e. The number of hydrogen-bond acceptors (Lipinski definition) is 3. The molecule has 2 amide bonds. The number of nitrogens with one attached hydrogen (secondary N) is 2. The number of anilines is 1. The molecule has 9 heteroatoms. The average Bonchev–Trinajstić information content (AvgIpc) is 3.29. The number of carbonyl (C=O) groups excluding carboxylic acids is 2. The normalized spacial score (nSPS) is 22.9. The minimum Gasteiger partial charge on any atom is -0.317 e. The van der Waals surface area contributed by atoms with E-state index in [1.54, 1.807) is 18.2 Å². The molecule has 1 saturated carbocycles. The third kappa shape index (κ3) is 2.76. The van der Waals surface area contributed by atoms with Gasteiger partial charge in [-0.3, -0.25) is 19.5 Å². The molecule has 1 aromatic carbocycles. The van der Waals surface area contributed by atoms with E-state index in [1.807, 2.05) is 5.32 Å². The van der Waals surface area contributed by atoms with E-state index in [2.05, 4.69) is 10.3 Å². The molecule has 1 fully saturated rings.